The number of para-hydroxylation sites is 1. The summed E-state index contributed by atoms with van der Waals surface area (Å²) in [7, 11) is 0. The zero-order valence-corrected chi connectivity index (χ0v) is 15.8. The molecular weight excluding hydrogens is 330 g/mol. The molecular formula is C20H23N3OS. The molecule has 0 saturated carbocycles. The molecule has 0 bridgehead atoms. The van der Waals surface area contributed by atoms with Gasteiger partial charge in [0.05, 0.1) is 5.75 Å². The van der Waals surface area contributed by atoms with Gasteiger partial charge >= 0.3 is 0 Å². The van der Waals surface area contributed by atoms with Crippen molar-refractivity contribution in [3.05, 3.63) is 59.2 Å². The molecule has 0 saturated heterocycles. The minimum atomic E-state index is -0.374. The van der Waals surface area contributed by atoms with Crippen LogP contribution >= 0.6 is 11.8 Å². The normalized spacial score (nSPS) is 15.0. The Morgan fingerprint density at radius 2 is 1.92 bits per heavy atom. The summed E-state index contributed by atoms with van der Waals surface area (Å²) in [6.07, 6.45) is 0. The Morgan fingerprint density at radius 1 is 1.16 bits per heavy atom. The first kappa shape index (κ1) is 17.5. The SMILES string of the molecule is Cc1ccc(NC(=O)CSC2=NC(C)(C)Nc3ccccc32)cc1C. The van der Waals surface area contributed by atoms with Gasteiger partial charge in [0.2, 0.25) is 5.91 Å². The standard InChI is InChI=1S/C20H23N3OS/c1-13-9-10-15(11-14(13)2)21-18(24)12-25-19-16-7-5-6-8-17(16)22-20(3,4)23-19/h5-11,22H,12H2,1-4H3,(H,21,24). The lowest BCUT2D eigenvalue weighted by Gasteiger charge is -2.30. The molecule has 2 N–H and O–H groups in total. The quantitative estimate of drug-likeness (QED) is 0.849. The van der Waals surface area contributed by atoms with E-state index in [-0.39, 0.29) is 11.6 Å². The first-order chi connectivity index (χ1) is 11.8. The average Bonchev–Trinajstić information content (AvgIpc) is 2.55. The highest BCUT2D eigenvalue weighted by Crippen LogP contribution is 2.31. The molecule has 0 aliphatic carbocycles. The second-order valence-electron chi connectivity index (χ2n) is 6.78. The molecule has 1 aliphatic rings. The van der Waals surface area contributed by atoms with Gasteiger partial charge in [-0.15, -0.1) is 0 Å². The number of hydrogen-bond donors (Lipinski definition) is 2. The van der Waals surface area contributed by atoms with Crippen molar-refractivity contribution in [2.24, 2.45) is 4.99 Å². The van der Waals surface area contributed by atoms with Gasteiger partial charge in [0, 0.05) is 16.9 Å². The van der Waals surface area contributed by atoms with Gasteiger partial charge in [-0.1, -0.05) is 36.0 Å². The predicted octanol–water partition coefficient (Wildman–Crippen LogP) is 4.58. The average molecular weight is 353 g/mol. The van der Waals surface area contributed by atoms with Gasteiger partial charge in [0.1, 0.15) is 10.7 Å². The molecule has 0 unspecified atom stereocenters. The van der Waals surface area contributed by atoms with Gasteiger partial charge in [0.15, 0.2) is 0 Å². The van der Waals surface area contributed by atoms with Crippen molar-refractivity contribution in [1.82, 2.24) is 0 Å². The van der Waals surface area contributed by atoms with Crippen LogP contribution in [0.4, 0.5) is 11.4 Å². The van der Waals surface area contributed by atoms with E-state index in [1.54, 1.807) is 0 Å². The zero-order chi connectivity index (χ0) is 18.0. The van der Waals surface area contributed by atoms with Gasteiger partial charge in [-0.25, -0.2) is 0 Å². The van der Waals surface area contributed by atoms with E-state index in [0.29, 0.717) is 5.75 Å². The van der Waals surface area contributed by atoms with Gasteiger partial charge in [-0.2, -0.15) is 0 Å². The fourth-order valence-corrected chi connectivity index (χ4v) is 3.68. The van der Waals surface area contributed by atoms with Gasteiger partial charge < -0.3 is 10.6 Å². The third-order valence-corrected chi connectivity index (χ3v) is 5.10. The molecule has 3 rings (SSSR count). The summed E-state index contributed by atoms with van der Waals surface area (Å²) in [5, 5.41) is 7.27. The fourth-order valence-electron chi connectivity index (χ4n) is 2.71. The van der Waals surface area contributed by atoms with Crippen molar-refractivity contribution in [3.63, 3.8) is 0 Å². The van der Waals surface area contributed by atoms with Gasteiger partial charge in [-0.3, -0.25) is 9.79 Å². The Balaban J connectivity index is 1.68. The number of thioether (sulfide) groups is 1. The van der Waals surface area contributed by atoms with Crippen LogP contribution in [-0.4, -0.2) is 22.4 Å². The van der Waals surface area contributed by atoms with E-state index in [2.05, 4.69) is 17.6 Å². The summed E-state index contributed by atoms with van der Waals surface area (Å²) < 4.78 is 0. The first-order valence-electron chi connectivity index (χ1n) is 8.31. The Labute approximate surface area is 153 Å². The van der Waals surface area contributed by atoms with Crippen LogP contribution in [0.25, 0.3) is 0 Å². The molecule has 0 spiro atoms. The summed E-state index contributed by atoms with van der Waals surface area (Å²) in [6, 6.07) is 14.0. The maximum atomic E-state index is 12.3. The highest BCUT2D eigenvalue weighted by molar-refractivity contribution is 8.15. The van der Waals surface area contributed by atoms with Crippen LogP contribution in [0.1, 0.15) is 30.5 Å². The fraction of sp³-hybridized carbons (Fsp3) is 0.300. The first-order valence-corrected chi connectivity index (χ1v) is 9.30. The molecule has 2 aromatic carbocycles. The summed E-state index contributed by atoms with van der Waals surface area (Å²) in [5.41, 5.74) is 4.95. The van der Waals surface area contributed by atoms with E-state index in [1.807, 2.05) is 63.2 Å². The highest BCUT2D eigenvalue weighted by Gasteiger charge is 2.26. The molecule has 1 heterocycles. The van der Waals surface area contributed by atoms with Crippen LogP contribution < -0.4 is 10.6 Å². The minimum Gasteiger partial charge on any atom is -0.361 e. The number of carbonyl (C=O) groups excluding carboxylic acids is 1. The largest absolute Gasteiger partial charge is 0.361 e. The summed E-state index contributed by atoms with van der Waals surface area (Å²) in [4.78, 5) is 17.1. The lowest BCUT2D eigenvalue weighted by molar-refractivity contribution is -0.113. The van der Waals surface area contributed by atoms with Gasteiger partial charge in [-0.05, 0) is 57.0 Å². The molecule has 2 aromatic rings. The number of fused-ring (bicyclic) bond motifs is 1. The van der Waals surface area contributed by atoms with E-state index in [1.165, 1.54) is 22.9 Å². The number of aliphatic imine (C=N–C) groups is 1. The van der Waals surface area contributed by atoms with E-state index in [9.17, 15) is 4.79 Å². The highest BCUT2D eigenvalue weighted by atomic mass is 32.2. The molecule has 25 heavy (non-hydrogen) atoms. The summed E-state index contributed by atoms with van der Waals surface area (Å²) >= 11 is 1.48. The smallest absolute Gasteiger partial charge is 0.234 e. The van der Waals surface area contributed by atoms with Crippen molar-refractivity contribution >= 4 is 34.1 Å². The number of nitrogens with zero attached hydrogens (tertiary/aromatic N) is 1. The lowest BCUT2D eigenvalue weighted by Crippen LogP contribution is -2.34. The predicted molar refractivity (Wildman–Crippen MR) is 108 cm³/mol. The number of carbonyl (C=O) groups is 1. The molecule has 4 nitrogen and oxygen atoms in total. The van der Waals surface area contributed by atoms with E-state index in [4.69, 9.17) is 4.99 Å². The van der Waals surface area contributed by atoms with Crippen LogP contribution in [-0.2, 0) is 4.79 Å². The molecule has 130 valence electrons. The monoisotopic (exact) mass is 353 g/mol. The second-order valence-corrected chi connectivity index (χ2v) is 7.75. The number of nitrogens with one attached hydrogen (secondary N) is 2. The van der Waals surface area contributed by atoms with Crippen molar-refractivity contribution in [2.75, 3.05) is 16.4 Å². The third-order valence-electron chi connectivity index (χ3n) is 4.11. The maximum absolute atomic E-state index is 12.3. The topological polar surface area (TPSA) is 53.5 Å². The van der Waals surface area contributed by atoms with Gasteiger partial charge in [0.25, 0.3) is 0 Å². The summed E-state index contributed by atoms with van der Waals surface area (Å²) in [5.74, 6) is 0.306. The molecule has 0 atom stereocenters. The van der Waals surface area contributed by atoms with Crippen molar-refractivity contribution in [1.29, 1.82) is 0 Å². The van der Waals surface area contributed by atoms with Crippen molar-refractivity contribution < 1.29 is 4.79 Å². The Kier molecular flexibility index (Phi) is 4.86. The molecule has 0 radical (unpaired) electrons. The van der Waals surface area contributed by atoms with Crippen molar-refractivity contribution in [3.8, 4) is 0 Å². The van der Waals surface area contributed by atoms with Crippen molar-refractivity contribution in [2.45, 2.75) is 33.4 Å². The number of aryl methyl sites for hydroxylation is 2. The zero-order valence-electron chi connectivity index (χ0n) is 15.0. The maximum Gasteiger partial charge on any atom is 0.234 e. The number of hydrogen-bond acceptors (Lipinski definition) is 4. The second kappa shape index (κ2) is 6.92. The van der Waals surface area contributed by atoms with Crippen LogP contribution in [0.15, 0.2) is 47.5 Å². The van der Waals surface area contributed by atoms with Crippen LogP contribution in [0.5, 0.6) is 0 Å². The van der Waals surface area contributed by atoms with Crippen LogP contribution in [0.3, 0.4) is 0 Å². The van der Waals surface area contributed by atoms with E-state index in [0.717, 1.165) is 22.0 Å². The van der Waals surface area contributed by atoms with E-state index < -0.39 is 0 Å². The Morgan fingerprint density at radius 3 is 2.68 bits per heavy atom. The Bertz CT molecular complexity index is 843. The lowest BCUT2D eigenvalue weighted by atomic mass is 10.1. The number of benzene rings is 2. The molecule has 5 heteroatoms. The molecule has 1 aliphatic heterocycles. The molecule has 0 aromatic heterocycles. The third kappa shape index (κ3) is 4.23. The Hall–Kier alpha value is -2.27. The molecule has 0 fully saturated rings. The number of rotatable bonds is 3. The van der Waals surface area contributed by atoms with E-state index >= 15 is 0 Å². The molecule has 1 amide bonds. The summed E-state index contributed by atoms with van der Waals surface area (Å²) in [6.45, 7) is 8.16. The van der Waals surface area contributed by atoms with Crippen LogP contribution in [0.2, 0.25) is 0 Å². The minimum absolute atomic E-state index is 0.0234. The number of amides is 1. The van der Waals surface area contributed by atoms with Crippen LogP contribution in [0, 0.1) is 13.8 Å². The number of anilines is 2.